The first-order chi connectivity index (χ1) is 17.9. The Morgan fingerprint density at radius 2 is 1.61 bits per heavy atom. The molecule has 3 rings (SSSR count). The molecule has 0 aromatic heterocycles. The second kappa shape index (κ2) is 12.8. The maximum atomic E-state index is 13.8. The highest BCUT2D eigenvalue weighted by molar-refractivity contribution is 7.92. The van der Waals surface area contributed by atoms with E-state index in [-0.39, 0.29) is 29.8 Å². The quantitative estimate of drug-likeness (QED) is 0.448. The predicted molar refractivity (Wildman–Crippen MR) is 154 cm³/mol. The summed E-state index contributed by atoms with van der Waals surface area (Å²) >= 11 is 0. The van der Waals surface area contributed by atoms with E-state index in [1.807, 2.05) is 49.4 Å². The van der Waals surface area contributed by atoms with Crippen molar-refractivity contribution in [1.82, 2.24) is 10.2 Å². The minimum absolute atomic E-state index is 0.0838. The molecule has 2 aromatic rings. The van der Waals surface area contributed by atoms with Gasteiger partial charge in [-0.1, -0.05) is 83.0 Å². The lowest BCUT2D eigenvalue weighted by atomic mass is 9.87. The van der Waals surface area contributed by atoms with Crippen molar-refractivity contribution in [3.05, 3.63) is 65.7 Å². The highest BCUT2D eigenvalue weighted by Crippen LogP contribution is 2.26. The summed E-state index contributed by atoms with van der Waals surface area (Å²) in [6.07, 6.45) is 6.21. The fourth-order valence-electron chi connectivity index (χ4n) is 5.00. The maximum absolute atomic E-state index is 13.8. The van der Waals surface area contributed by atoms with E-state index in [9.17, 15) is 18.0 Å². The van der Waals surface area contributed by atoms with Crippen LogP contribution in [0.5, 0.6) is 0 Å². The van der Waals surface area contributed by atoms with Crippen LogP contribution in [0.15, 0.2) is 54.6 Å². The Hall–Kier alpha value is -2.87. The van der Waals surface area contributed by atoms with Gasteiger partial charge in [0, 0.05) is 12.6 Å². The molecule has 1 N–H and O–H groups in total. The molecule has 208 valence electrons. The standard InChI is InChI=1S/C30H43N3O4S/c1-6-27(29(35)31-25-14-10-11-15-25)32(21-20-23-12-8-7-9-13-23)28(34)22-33(38(5,36)37)26-18-16-24(17-19-26)30(2,3)4/h7-9,12-13,16-19,25,27H,6,10-11,14-15,20-22H2,1-5H3,(H,31,35). The van der Waals surface area contributed by atoms with Crippen LogP contribution in [0, 0.1) is 0 Å². The Bertz CT molecular complexity index is 1170. The molecule has 2 aromatic carbocycles. The van der Waals surface area contributed by atoms with Crippen LogP contribution in [0.25, 0.3) is 0 Å². The first kappa shape index (κ1) is 29.7. The summed E-state index contributed by atoms with van der Waals surface area (Å²) in [6, 6.07) is 16.5. The molecule has 8 heteroatoms. The van der Waals surface area contributed by atoms with Crippen LogP contribution in [0.4, 0.5) is 5.69 Å². The molecule has 1 saturated carbocycles. The van der Waals surface area contributed by atoms with Crippen LogP contribution in [0.1, 0.15) is 70.9 Å². The summed E-state index contributed by atoms with van der Waals surface area (Å²) in [6.45, 7) is 8.11. The van der Waals surface area contributed by atoms with E-state index in [2.05, 4.69) is 26.1 Å². The zero-order valence-corrected chi connectivity index (χ0v) is 24.3. The largest absolute Gasteiger partial charge is 0.352 e. The van der Waals surface area contributed by atoms with Crippen LogP contribution < -0.4 is 9.62 Å². The van der Waals surface area contributed by atoms with Gasteiger partial charge in [0.15, 0.2) is 0 Å². The molecule has 1 aliphatic rings. The number of sulfonamides is 1. The van der Waals surface area contributed by atoms with Gasteiger partial charge < -0.3 is 10.2 Å². The highest BCUT2D eigenvalue weighted by atomic mass is 32.2. The zero-order chi connectivity index (χ0) is 27.9. The zero-order valence-electron chi connectivity index (χ0n) is 23.4. The van der Waals surface area contributed by atoms with E-state index in [1.54, 1.807) is 17.0 Å². The molecular weight excluding hydrogens is 498 g/mol. The second-order valence-electron chi connectivity index (χ2n) is 11.3. The molecule has 0 radical (unpaired) electrons. The van der Waals surface area contributed by atoms with Gasteiger partial charge in [0.05, 0.1) is 11.9 Å². The van der Waals surface area contributed by atoms with Crippen LogP contribution in [0.3, 0.4) is 0 Å². The number of rotatable bonds is 11. The molecular formula is C30H43N3O4S. The van der Waals surface area contributed by atoms with Crippen LogP contribution in [0.2, 0.25) is 0 Å². The number of carbonyl (C=O) groups excluding carboxylic acids is 2. The molecule has 0 heterocycles. The number of hydrogen-bond donors (Lipinski definition) is 1. The van der Waals surface area contributed by atoms with E-state index in [1.165, 1.54) is 0 Å². The van der Waals surface area contributed by atoms with Gasteiger partial charge in [-0.05, 0) is 54.4 Å². The predicted octanol–water partition coefficient (Wildman–Crippen LogP) is 4.66. The van der Waals surface area contributed by atoms with Gasteiger partial charge in [0.25, 0.3) is 0 Å². The molecule has 1 atom stereocenters. The average molecular weight is 542 g/mol. The number of carbonyl (C=O) groups is 2. The molecule has 7 nitrogen and oxygen atoms in total. The Labute approximate surface area is 228 Å². The van der Waals surface area contributed by atoms with Gasteiger partial charge in [-0.15, -0.1) is 0 Å². The van der Waals surface area contributed by atoms with E-state index < -0.39 is 16.1 Å². The van der Waals surface area contributed by atoms with Gasteiger partial charge in [-0.2, -0.15) is 0 Å². The van der Waals surface area contributed by atoms with Gasteiger partial charge in [-0.3, -0.25) is 13.9 Å². The van der Waals surface area contributed by atoms with E-state index in [4.69, 9.17) is 0 Å². The summed E-state index contributed by atoms with van der Waals surface area (Å²) in [7, 11) is -3.75. The van der Waals surface area contributed by atoms with Crippen LogP contribution in [-0.4, -0.2) is 56.6 Å². The lowest BCUT2D eigenvalue weighted by molar-refractivity contribution is -0.139. The Kier molecular flexibility index (Phi) is 9.99. The third-order valence-corrected chi connectivity index (χ3v) is 8.41. The number of nitrogens with one attached hydrogen (secondary N) is 1. The number of hydrogen-bond acceptors (Lipinski definition) is 4. The molecule has 0 aliphatic heterocycles. The Balaban J connectivity index is 1.87. The van der Waals surface area contributed by atoms with Crippen molar-refractivity contribution in [1.29, 1.82) is 0 Å². The monoisotopic (exact) mass is 541 g/mol. The summed E-state index contributed by atoms with van der Waals surface area (Å²) in [5, 5.41) is 3.13. The van der Waals surface area contributed by atoms with Crippen molar-refractivity contribution < 1.29 is 18.0 Å². The maximum Gasteiger partial charge on any atom is 0.244 e. The minimum Gasteiger partial charge on any atom is -0.352 e. The van der Waals surface area contributed by atoms with Crippen molar-refractivity contribution in [2.24, 2.45) is 0 Å². The second-order valence-corrected chi connectivity index (χ2v) is 13.2. The summed E-state index contributed by atoms with van der Waals surface area (Å²) < 4.78 is 26.8. The Morgan fingerprint density at radius 3 is 2.13 bits per heavy atom. The summed E-state index contributed by atoms with van der Waals surface area (Å²) in [5.41, 5.74) is 2.47. The highest BCUT2D eigenvalue weighted by Gasteiger charge is 2.32. The van der Waals surface area contributed by atoms with Crippen LogP contribution in [-0.2, 0) is 31.4 Å². The van der Waals surface area contributed by atoms with Crippen molar-refractivity contribution in [2.75, 3.05) is 23.7 Å². The van der Waals surface area contributed by atoms with Gasteiger partial charge in [-0.25, -0.2) is 8.42 Å². The number of nitrogens with zero attached hydrogens (tertiary/aromatic N) is 2. The Morgan fingerprint density at radius 1 is 1.00 bits per heavy atom. The smallest absolute Gasteiger partial charge is 0.244 e. The molecule has 0 bridgehead atoms. The molecule has 1 fully saturated rings. The third kappa shape index (κ3) is 8.06. The van der Waals surface area contributed by atoms with Crippen molar-refractivity contribution in [3.8, 4) is 0 Å². The van der Waals surface area contributed by atoms with Gasteiger partial charge in [0.1, 0.15) is 12.6 Å². The SMILES string of the molecule is CCC(C(=O)NC1CCCC1)N(CCc1ccccc1)C(=O)CN(c1ccc(C(C)(C)C)cc1)S(C)(=O)=O. The van der Waals surface area contributed by atoms with E-state index in [0.717, 1.165) is 47.4 Å². The first-order valence-corrected chi connectivity index (χ1v) is 15.5. The molecule has 2 amide bonds. The summed E-state index contributed by atoms with van der Waals surface area (Å²) in [5.74, 6) is -0.555. The number of benzene rings is 2. The fraction of sp³-hybridized carbons (Fsp3) is 0.533. The third-order valence-electron chi connectivity index (χ3n) is 7.27. The lowest BCUT2D eigenvalue weighted by Gasteiger charge is -2.33. The number of anilines is 1. The minimum atomic E-state index is -3.75. The molecule has 38 heavy (non-hydrogen) atoms. The summed E-state index contributed by atoms with van der Waals surface area (Å²) in [4.78, 5) is 28.7. The van der Waals surface area contributed by atoms with E-state index in [0.29, 0.717) is 25.1 Å². The van der Waals surface area contributed by atoms with Crippen molar-refractivity contribution >= 4 is 27.5 Å². The van der Waals surface area contributed by atoms with E-state index >= 15 is 0 Å². The molecule has 0 saturated heterocycles. The average Bonchev–Trinajstić information content (AvgIpc) is 3.37. The normalized spacial score (nSPS) is 15.2. The molecule has 1 aliphatic carbocycles. The van der Waals surface area contributed by atoms with Crippen LogP contribution >= 0.6 is 0 Å². The molecule has 0 spiro atoms. The van der Waals surface area contributed by atoms with Crippen molar-refractivity contribution in [3.63, 3.8) is 0 Å². The number of amides is 2. The van der Waals surface area contributed by atoms with Gasteiger partial charge >= 0.3 is 0 Å². The topological polar surface area (TPSA) is 86.8 Å². The molecule has 1 unspecified atom stereocenters. The fourth-order valence-corrected chi connectivity index (χ4v) is 5.85. The first-order valence-electron chi connectivity index (χ1n) is 13.6. The van der Waals surface area contributed by atoms with Crippen molar-refractivity contribution in [2.45, 2.75) is 83.7 Å². The van der Waals surface area contributed by atoms with Gasteiger partial charge in [0.2, 0.25) is 21.8 Å². The lowest BCUT2D eigenvalue weighted by Crippen LogP contribution is -2.54.